The molecule has 1 fully saturated rings. The smallest absolute Gasteiger partial charge is 0.308 e. The number of carboxylic acids is 1. The van der Waals surface area contributed by atoms with Crippen LogP contribution in [0.5, 0.6) is 0 Å². The third kappa shape index (κ3) is 3.81. The van der Waals surface area contributed by atoms with Crippen molar-refractivity contribution in [2.24, 2.45) is 11.8 Å². The van der Waals surface area contributed by atoms with E-state index in [1.165, 1.54) is 0 Å². The molecule has 2 heterocycles. The van der Waals surface area contributed by atoms with Crippen molar-refractivity contribution < 1.29 is 19.2 Å². The summed E-state index contributed by atoms with van der Waals surface area (Å²) in [6, 6.07) is 1.79. The average molecular weight is 345 g/mol. The van der Waals surface area contributed by atoms with E-state index in [2.05, 4.69) is 15.5 Å². The van der Waals surface area contributed by atoms with Crippen molar-refractivity contribution in [1.29, 1.82) is 0 Å². The lowest BCUT2D eigenvalue weighted by Gasteiger charge is -2.15. The van der Waals surface area contributed by atoms with Crippen molar-refractivity contribution >= 4 is 23.0 Å². The molecule has 0 saturated heterocycles. The van der Waals surface area contributed by atoms with E-state index < -0.39 is 11.9 Å². The van der Waals surface area contributed by atoms with Crippen molar-refractivity contribution in [3.8, 4) is 0 Å². The predicted molar refractivity (Wildman–Crippen MR) is 91.4 cm³/mol. The van der Waals surface area contributed by atoms with E-state index >= 15 is 0 Å². The number of nitrogens with zero attached hydrogens (tertiary/aromatic N) is 2. The summed E-state index contributed by atoms with van der Waals surface area (Å²) in [5, 5.41) is 16.6. The average Bonchev–Trinajstić information content (AvgIpc) is 3.34. The Hall–Kier alpha value is -2.44. The second-order valence-corrected chi connectivity index (χ2v) is 7.19. The molecule has 7 nitrogen and oxygen atoms in total. The molecule has 3 rings (SSSR count). The summed E-state index contributed by atoms with van der Waals surface area (Å²) in [5.41, 5.74) is 2.26. The fourth-order valence-corrected chi connectivity index (χ4v) is 3.03. The Balaban J connectivity index is 1.83. The molecule has 0 bridgehead atoms. The topological polar surface area (TPSA) is 105 Å². The van der Waals surface area contributed by atoms with Crippen LogP contribution in [-0.2, 0) is 4.79 Å². The van der Waals surface area contributed by atoms with E-state index in [0.717, 1.165) is 18.5 Å². The summed E-state index contributed by atoms with van der Waals surface area (Å²) in [7, 11) is 0. The molecule has 0 radical (unpaired) electrons. The fraction of sp³-hybridized carbons (Fsp3) is 0.556. The first-order valence-electron chi connectivity index (χ1n) is 8.64. The van der Waals surface area contributed by atoms with Gasteiger partial charge in [0.15, 0.2) is 0 Å². The van der Waals surface area contributed by atoms with Crippen LogP contribution in [0.25, 0.3) is 11.1 Å². The molecule has 25 heavy (non-hydrogen) atoms. The van der Waals surface area contributed by atoms with Crippen molar-refractivity contribution in [3.63, 3.8) is 0 Å². The van der Waals surface area contributed by atoms with E-state index in [9.17, 15) is 14.7 Å². The molecule has 7 heteroatoms. The molecule has 1 aliphatic rings. The number of carboxylic acid groups (broad SMARTS) is 1. The highest BCUT2D eigenvalue weighted by atomic mass is 16.5. The first-order chi connectivity index (χ1) is 11.9. The molecule has 1 aliphatic carbocycles. The summed E-state index contributed by atoms with van der Waals surface area (Å²) < 4.78 is 5.24. The van der Waals surface area contributed by atoms with E-state index in [0.29, 0.717) is 34.7 Å². The van der Waals surface area contributed by atoms with Gasteiger partial charge in [0, 0.05) is 18.2 Å². The first kappa shape index (κ1) is 17.4. The Labute approximate surface area is 145 Å². The van der Waals surface area contributed by atoms with Crippen molar-refractivity contribution in [2.75, 3.05) is 6.54 Å². The molecule has 1 atom stereocenters. The number of fused-ring (bicyclic) bond motifs is 1. The molecule has 2 aromatic rings. The molecule has 134 valence electrons. The maximum absolute atomic E-state index is 12.7. The number of aromatic nitrogens is 2. The van der Waals surface area contributed by atoms with Crippen molar-refractivity contribution in [1.82, 2.24) is 15.5 Å². The number of hydrogen-bond acceptors (Lipinski definition) is 5. The molecule has 0 spiro atoms. The van der Waals surface area contributed by atoms with Gasteiger partial charge >= 0.3 is 5.97 Å². The molecule has 2 aromatic heterocycles. The molecular formula is C18H23N3O4. The van der Waals surface area contributed by atoms with Gasteiger partial charge in [0.25, 0.3) is 11.6 Å². The normalized spacial score (nSPS) is 15.5. The Morgan fingerprint density at radius 1 is 1.40 bits per heavy atom. The molecule has 1 unspecified atom stereocenters. The number of aryl methyl sites for hydroxylation is 1. The fourth-order valence-electron chi connectivity index (χ4n) is 3.03. The minimum atomic E-state index is -0.895. The van der Waals surface area contributed by atoms with Crippen LogP contribution >= 0.6 is 0 Å². The van der Waals surface area contributed by atoms with Gasteiger partial charge in [-0.3, -0.25) is 9.59 Å². The van der Waals surface area contributed by atoms with Gasteiger partial charge in [0.1, 0.15) is 0 Å². The zero-order chi connectivity index (χ0) is 18.1. The monoisotopic (exact) mass is 345 g/mol. The third-order valence-electron chi connectivity index (χ3n) is 4.49. The summed E-state index contributed by atoms with van der Waals surface area (Å²) in [6.45, 7) is 5.79. The lowest BCUT2D eigenvalue weighted by atomic mass is 9.97. The molecule has 2 N–H and O–H groups in total. The van der Waals surface area contributed by atoms with Crippen LogP contribution in [-0.4, -0.2) is 33.7 Å². The van der Waals surface area contributed by atoms with Crippen LogP contribution in [0.2, 0.25) is 0 Å². The van der Waals surface area contributed by atoms with Crippen LogP contribution in [0.1, 0.15) is 60.8 Å². The number of pyridine rings is 1. The van der Waals surface area contributed by atoms with E-state index in [1.807, 2.05) is 13.8 Å². The van der Waals surface area contributed by atoms with Gasteiger partial charge in [0.2, 0.25) is 0 Å². The van der Waals surface area contributed by atoms with Gasteiger partial charge in [0.05, 0.1) is 22.6 Å². The maximum atomic E-state index is 12.7. The second kappa shape index (κ2) is 6.82. The van der Waals surface area contributed by atoms with Gasteiger partial charge in [-0.1, -0.05) is 19.0 Å². The summed E-state index contributed by atoms with van der Waals surface area (Å²) in [4.78, 5) is 28.6. The minimum Gasteiger partial charge on any atom is -0.481 e. The Kier molecular flexibility index (Phi) is 4.74. The molecule has 0 aromatic carbocycles. The highest BCUT2D eigenvalue weighted by Crippen LogP contribution is 2.40. The third-order valence-corrected chi connectivity index (χ3v) is 4.49. The lowest BCUT2D eigenvalue weighted by Crippen LogP contribution is -2.33. The predicted octanol–water partition coefficient (Wildman–Crippen LogP) is 2.89. The molecular weight excluding hydrogens is 322 g/mol. The number of carbonyl (C=O) groups is 2. The van der Waals surface area contributed by atoms with Gasteiger partial charge in [-0.2, -0.15) is 0 Å². The van der Waals surface area contributed by atoms with Gasteiger partial charge in [-0.05, 0) is 38.2 Å². The second-order valence-electron chi connectivity index (χ2n) is 7.19. The lowest BCUT2D eigenvalue weighted by molar-refractivity contribution is -0.142. The van der Waals surface area contributed by atoms with Gasteiger partial charge in [-0.15, -0.1) is 0 Å². The number of carbonyl (C=O) groups excluding carboxylic acids is 1. The number of rotatable bonds is 7. The molecule has 0 aliphatic heterocycles. The van der Waals surface area contributed by atoms with E-state index in [1.54, 1.807) is 13.0 Å². The minimum absolute atomic E-state index is 0.0965. The summed E-state index contributed by atoms with van der Waals surface area (Å²) >= 11 is 0. The Morgan fingerprint density at radius 2 is 2.12 bits per heavy atom. The first-order valence-corrected chi connectivity index (χ1v) is 8.64. The largest absolute Gasteiger partial charge is 0.481 e. The summed E-state index contributed by atoms with van der Waals surface area (Å²) in [6.07, 6.45) is 2.63. The highest BCUT2D eigenvalue weighted by Gasteiger charge is 2.29. The van der Waals surface area contributed by atoms with Crippen LogP contribution in [0.15, 0.2) is 10.6 Å². The van der Waals surface area contributed by atoms with Gasteiger partial charge in [-0.25, -0.2) is 4.98 Å². The van der Waals surface area contributed by atoms with Crippen LogP contribution in [0.3, 0.4) is 0 Å². The van der Waals surface area contributed by atoms with Crippen LogP contribution in [0, 0.1) is 18.8 Å². The highest BCUT2D eigenvalue weighted by molar-refractivity contribution is 6.06. The zero-order valence-corrected chi connectivity index (χ0v) is 14.7. The number of aliphatic carboxylic acids is 1. The van der Waals surface area contributed by atoms with Crippen molar-refractivity contribution in [2.45, 2.75) is 46.0 Å². The van der Waals surface area contributed by atoms with E-state index in [-0.39, 0.29) is 18.4 Å². The number of nitrogens with one attached hydrogen (secondary N) is 1. The van der Waals surface area contributed by atoms with Crippen LogP contribution < -0.4 is 5.32 Å². The van der Waals surface area contributed by atoms with Gasteiger partial charge < -0.3 is 14.9 Å². The Morgan fingerprint density at radius 3 is 2.72 bits per heavy atom. The summed E-state index contributed by atoms with van der Waals surface area (Å²) in [5.74, 6) is -1.20. The van der Waals surface area contributed by atoms with Crippen molar-refractivity contribution in [3.05, 3.63) is 23.0 Å². The molecule has 1 amide bonds. The standard InChI is InChI=1S/C18H23N3O4/c1-9(2)6-12(18(23)24)8-19-16(22)13-7-14(11-4-5-11)20-17-15(13)10(3)21-25-17/h7,9,11-12H,4-6,8H2,1-3H3,(H,19,22)(H,23,24). The molecule has 1 saturated carbocycles. The quantitative estimate of drug-likeness (QED) is 0.799. The maximum Gasteiger partial charge on any atom is 0.308 e. The number of amides is 1. The van der Waals surface area contributed by atoms with E-state index in [4.69, 9.17) is 4.52 Å². The Bertz CT molecular complexity index is 808. The number of hydrogen-bond donors (Lipinski definition) is 2. The zero-order valence-electron chi connectivity index (χ0n) is 14.7. The van der Waals surface area contributed by atoms with Crippen LogP contribution in [0.4, 0.5) is 0 Å². The SMILES string of the molecule is Cc1noc2nc(C3CC3)cc(C(=O)NCC(CC(C)C)C(=O)O)c12.